The van der Waals surface area contributed by atoms with Gasteiger partial charge in [0.25, 0.3) is 5.69 Å². The minimum absolute atomic E-state index is 0.00588. The predicted octanol–water partition coefficient (Wildman–Crippen LogP) is 3.03. The first-order valence-electron chi connectivity index (χ1n) is 6.29. The van der Waals surface area contributed by atoms with E-state index >= 15 is 0 Å². The molecule has 0 spiro atoms. The smallest absolute Gasteiger partial charge is 0.269 e. The third kappa shape index (κ3) is 2.06. The quantitative estimate of drug-likeness (QED) is 0.420. The van der Waals surface area contributed by atoms with Crippen LogP contribution in [0.2, 0.25) is 0 Å². The van der Waals surface area contributed by atoms with E-state index < -0.39 is 4.92 Å². The van der Waals surface area contributed by atoms with E-state index in [9.17, 15) is 14.9 Å². The molecule has 0 saturated carbocycles. The molecule has 21 heavy (non-hydrogen) atoms. The number of imidazole rings is 1. The summed E-state index contributed by atoms with van der Waals surface area (Å²) < 4.78 is 1.72. The number of rotatable bonds is 3. The van der Waals surface area contributed by atoms with Crippen molar-refractivity contribution in [2.75, 3.05) is 0 Å². The highest BCUT2D eigenvalue weighted by molar-refractivity contribution is 5.86. The molecule has 0 atom stereocenters. The second kappa shape index (κ2) is 4.82. The first kappa shape index (κ1) is 13.0. The summed E-state index contributed by atoms with van der Waals surface area (Å²) in [6.07, 6.45) is 2.52. The number of carbonyl (C=O) groups is 1. The number of fused-ring (bicyclic) bond motifs is 1. The van der Waals surface area contributed by atoms with Crippen LogP contribution >= 0.6 is 0 Å². The van der Waals surface area contributed by atoms with Crippen molar-refractivity contribution in [1.29, 1.82) is 0 Å². The van der Waals surface area contributed by atoms with E-state index in [0.29, 0.717) is 22.6 Å². The number of benzene rings is 1. The Morgan fingerprint density at radius 1 is 1.24 bits per heavy atom. The number of nitro groups is 1. The number of aromatic nitrogens is 2. The standard InChI is InChI=1S/C15H11N3O3/c1-10-3-2-8-17-13(9-19)14(16-15(10)17)11-4-6-12(7-5-11)18(20)21/h2-9H,1H3. The van der Waals surface area contributed by atoms with Gasteiger partial charge in [-0.05, 0) is 30.7 Å². The zero-order valence-corrected chi connectivity index (χ0v) is 11.2. The Morgan fingerprint density at radius 2 is 1.95 bits per heavy atom. The average molecular weight is 281 g/mol. The van der Waals surface area contributed by atoms with E-state index in [-0.39, 0.29) is 5.69 Å². The molecule has 104 valence electrons. The molecule has 0 aliphatic heterocycles. The molecule has 0 saturated heterocycles. The number of nitro benzene ring substituents is 1. The molecule has 0 amide bonds. The lowest BCUT2D eigenvalue weighted by molar-refractivity contribution is -0.384. The molecule has 0 unspecified atom stereocenters. The number of hydrogen-bond acceptors (Lipinski definition) is 4. The molecule has 6 heteroatoms. The van der Waals surface area contributed by atoms with Gasteiger partial charge in [-0.1, -0.05) is 6.07 Å². The minimum Gasteiger partial charge on any atom is -0.297 e. The van der Waals surface area contributed by atoms with Crippen LogP contribution in [0, 0.1) is 17.0 Å². The van der Waals surface area contributed by atoms with Gasteiger partial charge in [-0.15, -0.1) is 0 Å². The van der Waals surface area contributed by atoms with Gasteiger partial charge < -0.3 is 0 Å². The van der Waals surface area contributed by atoms with E-state index in [1.807, 2.05) is 19.1 Å². The van der Waals surface area contributed by atoms with Crippen molar-refractivity contribution in [2.24, 2.45) is 0 Å². The summed E-state index contributed by atoms with van der Waals surface area (Å²) in [4.78, 5) is 26.1. The molecule has 0 radical (unpaired) electrons. The van der Waals surface area contributed by atoms with E-state index in [0.717, 1.165) is 11.8 Å². The van der Waals surface area contributed by atoms with Gasteiger partial charge in [0.05, 0.1) is 4.92 Å². The average Bonchev–Trinajstić information content (AvgIpc) is 2.87. The Balaban J connectivity index is 2.22. The summed E-state index contributed by atoms with van der Waals surface area (Å²) in [5.74, 6) is 0. The summed E-state index contributed by atoms with van der Waals surface area (Å²) >= 11 is 0. The largest absolute Gasteiger partial charge is 0.297 e. The van der Waals surface area contributed by atoms with Gasteiger partial charge in [0, 0.05) is 23.9 Å². The number of nitrogens with zero attached hydrogens (tertiary/aromatic N) is 3. The molecule has 6 nitrogen and oxygen atoms in total. The molecular weight excluding hydrogens is 270 g/mol. The fourth-order valence-corrected chi connectivity index (χ4v) is 2.29. The summed E-state index contributed by atoms with van der Waals surface area (Å²) in [6, 6.07) is 9.76. The predicted molar refractivity (Wildman–Crippen MR) is 77.4 cm³/mol. The van der Waals surface area contributed by atoms with Crippen molar-refractivity contribution >= 4 is 17.6 Å². The number of pyridine rings is 1. The van der Waals surface area contributed by atoms with Crippen LogP contribution in [0.1, 0.15) is 16.1 Å². The fraction of sp³-hybridized carbons (Fsp3) is 0.0667. The number of carbonyl (C=O) groups excluding carboxylic acids is 1. The summed E-state index contributed by atoms with van der Waals surface area (Å²) in [5.41, 5.74) is 3.29. The van der Waals surface area contributed by atoms with Crippen molar-refractivity contribution in [3.05, 3.63) is 64.0 Å². The number of aldehydes is 1. The Bertz CT molecular complexity index is 850. The minimum atomic E-state index is -0.460. The first-order valence-corrected chi connectivity index (χ1v) is 6.29. The van der Waals surface area contributed by atoms with Crippen molar-refractivity contribution in [2.45, 2.75) is 6.92 Å². The van der Waals surface area contributed by atoms with Crippen molar-refractivity contribution in [3.63, 3.8) is 0 Å². The zero-order valence-electron chi connectivity index (χ0n) is 11.2. The van der Waals surface area contributed by atoms with Crippen LogP contribution in [0.25, 0.3) is 16.9 Å². The van der Waals surface area contributed by atoms with Gasteiger partial charge in [-0.3, -0.25) is 19.3 Å². The number of hydrogen-bond donors (Lipinski definition) is 0. The van der Waals surface area contributed by atoms with E-state index in [1.165, 1.54) is 12.1 Å². The summed E-state index contributed by atoms with van der Waals surface area (Å²) in [5, 5.41) is 10.7. The van der Waals surface area contributed by atoms with Crippen molar-refractivity contribution in [1.82, 2.24) is 9.38 Å². The van der Waals surface area contributed by atoms with Gasteiger partial charge in [0.15, 0.2) is 6.29 Å². The molecular formula is C15H11N3O3. The van der Waals surface area contributed by atoms with Crippen LogP contribution in [-0.4, -0.2) is 20.6 Å². The van der Waals surface area contributed by atoms with E-state index in [2.05, 4.69) is 4.98 Å². The second-order valence-electron chi connectivity index (χ2n) is 4.65. The monoisotopic (exact) mass is 281 g/mol. The molecule has 0 fully saturated rings. The number of aryl methyl sites for hydroxylation is 1. The molecule has 0 aliphatic carbocycles. The van der Waals surface area contributed by atoms with Crippen LogP contribution in [0.5, 0.6) is 0 Å². The lowest BCUT2D eigenvalue weighted by Crippen LogP contribution is -1.93. The molecule has 0 bridgehead atoms. The molecule has 1 aromatic carbocycles. The molecule has 0 N–H and O–H groups in total. The Morgan fingerprint density at radius 3 is 2.57 bits per heavy atom. The zero-order chi connectivity index (χ0) is 15.0. The van der Waals surface area contributed by atoms with Gasteiger partial charge in [-0.2, -0.15) is 0 Å². The van der Waals surface area contributed by atoms with E-state index in [4.69, 9.17) is 0 Å². The Labute approximate surface area is 119 Å². The lowest BCUT2D eigenvalue weighted by atomic mass is 10.1. The Hall–Kier alpha value is -3.02. The molecule has 2 aromatic heterocycles. The van der Waals surface area contributed by atoms with Crippen LogP contribution < -0.4 is 0 Å². The van der Waals surface area contributed by atoms with E-state index in [1.54, 1.807) is 22.7 Å². The maximum atomic E-state index is 11.4. The van der Waals surface area contributed by atoms with Crippen LogP contribution in [0.3, 0.4) is 0 Å². The highest BCUT2D eigenvalue weighted by Crippen LogP contribution is 2.26. The van der Waals surface area contributed by atoms with Gasteiger partial charge >= 0.3 is 0 Å². The summed E-state index contributed by atoms with van der Waals surface area (Å²) in [6.45, 7) is 1.91. The van der Waals surface area contributed by atoms with Crippen LogP contribution in [0.15, 0.2) is 42.6 Å². The lowest BCUT2D eigenvalue weighted by Gasteiger charge is -1.99. The maximum absolute atomic E-state index is 11.4. The highest BCUT2D eigenvalue weighted by atomic mass is 16.6. The SMILES string of the molecule is Cc1cccn2c(C=O)c(-c3ccc([N+](=O)[O-])cc3)nc12. The van der Waals surface area contributed by atoms with Gasteiger partial charge in [0.1, 0.15) is 17.0 Å². The fourth-order valence-electron chi connectivity index (χ4n) is 2.29. The molecule has 2 heterocycles. The third-order valence-corrected chi connectivity index (χ3v) is 3.35. The maximum Gasteiger partial charge on any atom is 0.269 e. The van der Waals surface area contributed by atoms with Crippen molar-refractivity contribution in [3.8, 4) is 11.3 Å². The van der Waals surface area contributed by atoms with Gasteiger partial charge in [0.2, 0.25) is 0 Å². The normalized spacial score (nSPS) is 10.7. The molecule has 0 aliphatic rings. The highest BCUT2D eigenvalue weighted by Gasteiger charge is 2.15. The van der Waals surface area contributed by atoms with Gasteiger partial charge in [-0.25, -0.2) is 4.98 Å². The summed E-state index contributed by atoms with van der Waals surface area (Å²) in [7, 11) is 0. The molecule has 3 aromatic rings. The number of non-ortho nitro benzene ring substituents is 1. The third-order valence-electron chi connectivity index (χ3n) is 3.35. The van der Waals surface area contributed by atoms with Crippen LogP contribution in [-0.2, 0) is 0 Å². The first-order chi connectivity index (χ1) is 10.1. The topological polar surface area (TPSA) is 77.5 Å². The van der Waals surface area contributed by atoms with Crippen LogP contribution in [0.4, 0.5) is 5.69 Å². The second-order valence-corrected chi connectivity index (χ2v) is 4.65. The Kier molecular flexibility index (Phi) is 2.98. The molecule has 3 rings (SSSR count). The van der Waals surface area contributed by atoms with Crippen molar-refractivity contribution < 1.29 is 9.72 Å².